The summed E-state index contributed by atoms with van der Waals surface area (Å²) in [7, 11) is -1.25. The lowest BCUT2D eigenvalue weighted by molar-refractivity contribution is -0.119. The van der Waals surface area contributed by atoms with Crippen molar-refractivity contribution in [2.75, 3.05) is 25.1 Å². The molecule has 1 N–H and O–H groups in total. The number of aryl methyl sites for hydroxylation is 1. The van der Waals surface area contributed by atoms with E-state index in [0.29, 0.717) is 17.1 Å². The average molecular weight is 560 g/mol. The summed E-state index contributed by atoms with van der Waals surface area (Å²) in [5, 5.41) is 4.13. The van der Waals surface area contributed by atoms with Crippen LogP contribution >= 0.6 is 15.9 Å². The van der Waals surface area contributed by atoms with Gasteiger partial charge in [0.1, 0.15) is 6.54 Å². The first-order valence-electron chi connectivity index (χ1n) is 10.6. The van der Waals surface area contributed by atoms with E-state index in [2.05, 4.69) is 26.5 Å². The van der Waals surface area contributed by atoms with Gasteiger partial charge in [0.15, 0.2) is 11.5 Å². The molecule has 0 atom stereocenters. The Bertz CT molecular complexity index is 1320. The van der Waals surface area contributed by atoms with Crippen LogP contribution < -0.4 is 19.2 Å². The maximum Gasteiger partial charge on any atom is 0.264 e. The van der Waals surface area contributed by atoms with Crippen molar-refractivity contribution in [3.8, 4) is 11.5 Å². The molecule has 0 fully saturated rings. The normalized spacial score (nSPS) is 11.6. The third-order valence-electron chi connectivity index (χ3n) is 5.16. The third kappa shape index (κ3) is 6.40. The molecule has 0 bridgehead atoms. The number of ether oxygens (including phenoxy) is 2. The standard InChI is InChI=1S/C25H26BrN3O5S/c1-17-5-11-21(12-6-17)29(35(31,32)22-13-14-23(33-3)24(15-22)34-4)16-25(30)28-27-18(2)19-7-9-20(26)10-8-19/h5-15H,16H2,1-4H3,(H,28,30)/b27-18-. The van der Waals surface area contributed by atoms with Gasteiger partial charge in [-0.25, -0.2) is 13.8 Å². The number of methoxy groups -OCH3 is 2. The van der Waals surface area contributed by atoms with Crippen LogP contribution in [0.1, 0.15) is 18.1 Å². The van der Waals surface area contributed by atoms with Gasteiger partial charge in [-0.15, -0.1) is 0 Å². The van der Waals surface area contributed by atoms with Gasteiger partial charge in [-0.1, -0.05) is 45.8 Å². The molecule has 0 saturated heterocycles. The molecule has 35 heavy (non-hydrogen) atoms. The molecule has 184 valence electrons. The van der Waals surface area contributed by atoms with E-state index in [1.165, 1.54) is 32.4 Å². The summed E-state index contributed by atoms with van der Waals surface area (Å²) in [5.41, 5.74) is 5.16. The van der Waals surface area contributed by atoms with E-state index in [-0.39, 0.29) is 10.6 Å². The summed E-state index contributed by atoms with van der Waals surface area (Å²) < 4.78 is 39.7. The highest BCUT2D eigenvalue weighted by molar-refractivity contribution is 9.10. The predicted molar refractivity (Wildman–Crippen MR) is 140 cm³/mol. The molecule has 0 aromatic heterocycles. The largest absolute Gasteiger partial charge is 0.493 e. The van der Waals surface area contributed by atoms with Crippen molar-refractivity contribution in [3.63, 3.8) is 0 Å². The number of hydrogen-bond acceptors (Lipinski definition) is 6. The van der Waals surface area contributed by atoms with Crippen molar-refractivity contribution in [2.45, 2.75) is 18.7 Å². The van der Waals surface area contributed by atoms with Crippen LogP contribution in [0.2, 0.25) is 0 Å². The second-order valence-electron chi connectivity index (χ2n) is 7.60. The summed E-state index contributed by atoms with van der Waals surface area (Å²) >= 11 is 3.38. The fourth-order valence-corrected chi connectivity index (χ4v) is 4.90. The second kappa shape index (κ2) is 11.4. The Balaban J connectivity index is 1.91. The van der Waals surface area contributed by atoms with Crippen LogP contribution in [-0.4, -0.2) is 40.8 Å². The van der Waals surface area contributed by atoms with Crippen molar-refractivity contribution >= 4 is 43.3 Å². The van der Waals surface area contributed by atoms with Crippen LogP contribution in [0.3, 0.4) is 0 Å². The summed E-state index contributed by atoms with van der Waals surface area (Å²) in [6.07, 6.45) is 0. The Hall–Kier alpha value is -3.37. The third-order valence-corrected chi connectivity index (χ3v) is 7.46. The molecule has 0 saturated carbocycles. The van der Waals surface area contributed by atoms with Gasteiger partial charge in [-0.3, -0.25) is 9.10 Å². The van der Waals surface area contributed by atoms with E-state index < -0.39 is 22.5 Å². The molecule has 0 aliphatic heterocycles. The molecule has 0 aliphatic carbocycles. The summed E-state index contributed by atoms with van der Waals surface area (Å²) in [5.74, 6) is 0.0616. The number of carbonyl (C=O) groups is 1. The number of halogens is 1. The van der Waals surface area contributed by atoms with Crippen molar-refractivity contribution in [1.29, 1.82) is 0 Å². The summed E-state index contributed by atoms with van der Waals surface area (Å²) in [6, 6.07) is 18.6. The first kappa shape index (κ1) is 26.2. The van der Waals surface area contributed by atoms with Crippen LogP contribution in [0.5, 0.6) is 11.5 Å². The number of amides is 1. The minimum atomic E-state index is -4.13. The van der Waals surface area contributed by atoms with Crippen molar-refractivity contribution in [2.24, 2.45) is 5.10 Å². The highest BCUT2D eigenvalue weighted by Gasteiger charge is 2.28. The molecule has 10 heteroatoms. The second-order valence-corrected chi connectivity index (χ2v) is 10.4. The van der Waals surface area contributed by atoms with E-state index >= 15 is 0 Å². The minimum Gasteiger partial charge on any atom is -0.493 e. The Kier molecular flexibility index (Phi) is 8.52. The summed E-state index contributed by atoms with van der Waals surface area (Å²) in [6.45, 7) is 3.17. The molecule has 1 amide bonds. The van der Waals surface area contributed by atoms with Gasteiger partial charge in [-0.05, 0) is 55.8 Å². The molecule has 3 rings (SSSR count). The Labute approximate surface area is 213 Å². The Morgan fingerprint density at radius 1 is 0.971 bits per heavy atom. The molecule has 0 aliphatic rings. The number of nitrogens with one attached hydrogen (secondary N) is 1. The Morgan fingerprint density at radius 2 is 1.60 bits per heavy atom. The zero-order valence-electron chi connectivity index (χ0n) is 19.8. The van der Waals surface area contributed by atoms with Gasteiger partial charge in [0.2, 0.25) is 0 Å². The number of carbonyl (C=O) groups excluding carboxylic acids is 1. The molecule has 0 heterocycles. The molecule has 0 unspecified atom stereocenters. The average Bonchev–Trinajstić information content (AvgIpc) is 2.86. The van der Waals surface area contributed by atoms with Crippen LogP contribution in [0.25, 0.3) is 0 Å². The first-order chi connectivity index (χ1) is 16.6. The zero-order valence-corrected chi connectivity index (χ0v) is 22.2. The van der Waals surface area contributed by atoms with E-state index in [9.17, 15) is 13.2 Å². The van der Waals surface area contributed by atoms with E-state index in [1.807, 2.05) is 31.2 Å². The van der Waals surface area contributed by atoms with Crippen LogP contribution in [-0.2, 0) is 14.8 Å². The molecule has 0 radical (unpaired) electrons. The van der Waals surface area contributed by atoms with Gasteiger partial charge >= 0.3 is 0 Å². The number of sulfonamides is 1. The zero-order chi connectivity index (χ0) is 25.6. The number of benzene rings is 3. The SMILES string of the molecule is COc1ccc(S(=O)(=O)N(CC(=O)N/N=C(/C)c2ccc(Br)cc2)c2ccc(C)cc2)cc1OC. The lowest BCUT2D eigenvalue weighted by Crippen LogP contribution is -2.39. The molecule has 3 aromatic rings. The monoisotopic (exact) mass is 559 g/mol. The smallest absolute Gasteiger partial charge is 0.264 e. The van der Waals surface area contributed by atoms with Gasteiger partial charge in [0, 0.05) is 10.5 Å². The van der Waals surface area contributed by atoms with Crippen LogP contribution in [0.15, 0.2) is 81.2 Å². The van der Waals surface area contributed by atoms with Gasteiger partial charge in [0.05, 0.1) is 30.5 Å². The maximum absolute atomic E-state index is 13.6. The fraction of sp³-hybridized carbons (Fsp3) is 0.200. The fourth-order valence-electron chi connectivity index (χ4n) is 3.20. The van der Waals surface area contributed by atoms with Crippen molar-refractivity contribution in [3.05, 3.63) is 82.3 Å². The topological polar surface area (TPSA) is 97.3 Å². The number of rotatable bonds is 9. The molecule has 8 nitrogen and oxygen atoms in total. The lowest BCUT2D eigenvalue weighted by atomic mass is 10.1. The number of hydrogen-bond donors (Lipinski definition) is 1. The molecular formula is C25H26BrN3O5S. The minimum absolute atomic E-state index is 0.0435. The van der Waals surface area contributed by atoms with Gasteiger partial charge < -0.3 is 9.47 Å². The number of anilines is 1. The van der Waals surface area contributed by atoms with E-state index in [1.54, 1.807) is 31.2 Å². The maximum atomic E-state index is 13.6. The highest BCUT2D eigenvalue weighted by atomic mass is 79.9. The molecule has 0 spiro atoms. The van der Waals surface area contributed by atoms with Crippen molar-refractivity contribution in [1.82, 2.24) is 5.43 Å². The number of hydrazone groups is 1. The number of nitrogens with zero attached hydrogens (tertiary/aromatic N) is 2. The van der Waals surface area contributed by atoms with Crippen molar-refractivity contribution < 1.29 is 22.7 Å². The molecule has 3 aromatic carbocycles. The highest BCUT2D eigenvalue weighted by Crippen LogP contribution is 2.32. The van der Waals surface area contributed by atoms with Crippen LogP contribution in [0.4, 0.5) is 5.69 Å². The predicted octanol–water partition coefficient (Wildman–Crippen LogP) is 4.51. The van der Waals surface area contributed by atoms with Crippen LogP contribution in [0, 0.1) is 6.92 Å². The Morgan fingerprint density at radius 3 is 2.20 bits per heavy atom. The summed E-state index contributed by atoms with van der Waals surface area (Å²) in [4.78, 5) is 12.8. The van der Waals surface area contributed by atoms with E-state index in [0.717, 1.165) is 19.9 Å². The van der Waals surface area contributed by atoms with Gasteiger partial charge in [0.25, 0.3) is 15.9 Å². The van der Waals surface area contributed by atoms with E-state index in [4.69, 9.17) is 9.47 Å². The molecular weight excluding hydrogens is 534 g/mol. The van der Waals surface area contributed by atoms with Gasteiger partial charge in [-0.2, -0.15) is 5.10 Å². The quantitative estimate of drug-likeness (QED) is 0.307. The first-order valence-corrected chi connectivity index (χ1v) is 12.8. The lowest BCUT2D eigenvalue weighted by Gasteiger charge is -2.24.